The molecule has 0 aliphatic carbocycles. The zero-order valence-electron chi connectivity index (χ0n) is 12.9. The van der Waals surface area contributed by atoms with E-state index < -0.39 is 0 Å². The lowest BCUT2D eigenvalue weighted by molar-refractivity contribution is -0.118. The zero-order valence-corrected chi connectivity index (χ0v) is 14.5. The van der Waals surface area contributed by atoms with Gasteiger partial charge in [-0.2, -0.15) is 0 Å². The predicted molar refractivity (Wildman–Crippen MR) is 90.8 cm³/mol. The Morgan fingerprint density at radius 2 is 1.77 bits per heavy atom. The van der Waals surface area contributed by atoms with Gasteiger partial charge in [-0.3, -0.25) is 4.79 Å². The Hall–Kier alpha value is -1.33. The van der Waals surface area contributed by atoms with Gasteiger partial charge in [0.15, 0.2) is 0 Å². The quantitative estimate of drug-likeness (QED) is 0.717. The van der Waals surface area contributed by atoms with E-state index in [9.17, 15) is 9.90 Å². The molecule has 1 aromatic carbocycles. The Bertz CT molecular complexity index is 638. The molecule has 118 valence electrons. The summed E-state index contributed by atoms with van der Waals surface area (Å²) in [6, 6.07) is 3.95. The fraction of sp³-hybridized carbons (Fsp3) is 0.471. The van der Waals surface area contributed by atoms with E-state index in [-0.39, 0.29) is 17.2 Å². The van der Waals surface area contributed by atoms with Crippen molar-refractivity contribution < 1.29 is 9.90 Å². The van der Waals surface area contributed by atoms with Gasteiger partial charge in [0.25, 0.3) is 5.91 Å². The van der Waals surface area contributed by atoms with Crippen molar-refractivity contribution >= 4 is 27.4 Å². The first-order chi connectivity index (χ1) is 10.4. The Kier molecular flexibility index (Phi) is 4.03. The number of hydrogen-bond acceptors (Lipinski definition) is 3. The van der Waals surface area contributed by atoms with Crippen LogP contribution in [0.5, 0.6) is 0 Å². The van der Waals surface area contributed by atoms with E-state index >= 15 is 0 Å². The number of hydrogen-bond donors (Lipinski definition) is 3. The molecular formula is C17H21BrN2O2. The molecule has 1 spiro atoms. The second-order valence-corrected chi connectivity index (χ2v) is 7.31. The highest BCUT2D eigenvalue weighted by Gasteiger charge is 2.41. The maximum absolute atomic E-state index is 12.7. The van der Waals surface area contributed by atoms with Crippen LogP contribution in [-0.2, 0) is 4.79 Å². The van der Waals surface area contributed by atoms with Gasteiger partial charge in [0, 0.05) is 16.4 Å². The topological polar surface area (TPSA) is 61.4 Å². The van der Waals surface area contributed by atoms with E-state index in [4.69, 9.17) is 0 Å². The third kappa shape index (κ3) is 2.68. The number of nitrogens with one attached hydrogen (secondary N) is 2. The molecule has 4 nitrogen and oxygen atoms in total. The number of aliphatic hydroxyl groups excluding tert-OH is 1. The number of aryl methyl sites for hydroxylation is 2. The minimum absolute atomic E-state index is 0.154. The summed E-state index contributed by atoms with van der Waals surface area (Å²) in [6.07, 6.45) is 2.23. The van der Waals surface area contributed by atoms with Crippen molar-refractivity contribution in [1.29, 1.82) is 0 Å². The van der Waals surface area contributed by atoms with Gasteiger partial charge in [-0.15, -0.1) is 0 Å². The summed E-state index contributed by atoms with van der Waals surface area (Å²) in [7, 11) is 0. The molecule has 1 amide bonds. The molecule has 3 rings (SSSR count). The number of rotatable bonds is 1. The zero-order chi connectivity index (χ0) is 15.9. The average molecular weight is 365 g/mol. The van der Waals surface area contributed by atoms with Crippen molar-refractivity contribution in [2.24, 2.45) is 0 Å². The van der Waals surface area contributed by atoms with Crippen LogP contribution in [0.15, 0.2) is 22.4 Å². The number of carbonyl (C=O) groups is 1. The lowest BCUT2D eigenvalue weighted by atomic mass is 9.79. The van der Waals surface area contributed by atoms with E-state index in [1.54, 1.807) is 0 Å². The van der Waals surface area contributed by atoms with Crippen molar-refractivity contribution in [2.45, 2.75) is 38.6 Å². The fourth-order valence-corrected chi connectivity index (χ4v) is 4.34. The highest BCUT2D eigenvalue weighted by Crippen LogP contribution is 2.37. The first kappa shape index (κ1) is 15.6. The van der Waals surface area contributed by atoms with Gasteiger partial charge >= 0.3 is 0 Å². The normalized spacial score (nSPS) is 21.1. The maximum atomic E-state index is 12.7. The Balaban J connectivity index is 2.04. The van der Waals surface area contributed by atoms with Gasteiger partial charge in [0.2, 0.25) is 0 Å². The molecule has 1 aromatic rings. The molecule has 3 N–H and O–H groups in total. The van der Waals surface area contributed by atoms with Gasteiger partial charge in [0.05, 0.1) is 5.57 Å². The van der Waals surface area contributed by atoms with Crippen LogP contribution in [0.2, 0.25) is 0 Å². The van der Waals surface area contributed by atoms with Crippen LogP contribution >= 0.6 is 15.9 Å². The summed E-state index contributed by atoms with van der Waals surface area (Å²) in [5.74, 6) is 0.0679. The molecule has 0 saturated carbocycles. The molecule has 5 heteroatoms. The Morgan fingerprint density at radius 3 is 2.32 bits per heavy atom. The molecule has 0 atom stereocenters. The van der Waals surface area contributed by atoms with Gasteiger partial charge in [0.1, 0.15) is 5.76 Å². The average Bonchev–Trinajstić information content (AvgIpc) is 2.41. The first-order valence-corrected chi connectivity index (χ1v) is 8.44. The van der Waals surface area contributed by atoms with Crippen LogP contribution in [0, 0.1) is 13.8 Å². The largest absolute Gasteiger partial charge is 0.511 e. The highest BCUT2D eigenvalue weighted by atomic mass is 79.9. The summed E-state index contributed by atoms with van der Waals surface area (Å²) in [5.41, 5.74) is 2.98. The monoisotopic (exact) mass is 364 g/mol. The van der Waals surface area contributed by atoms with E-state index in [1.165, 1.54) is 0 Å². The number of amides is 1. The summed E-state index contributed by atoms with van der Waals surface area (Å²) in [6.45, 7) is 5.68. The summed E-state index contributed by atoms with van der Waals surface area (Å²) >= 11 is 3.47. The molecule has 2 aliphatic heterocycles. The number of benzene rings is 1. The van der Waals surface area contributed by atoms with Crippen LogP contribution < -0.4 is 10.6 Å². The van der Waals surface area contributed by atoms with Crippen LogP contribution in [0.1, 0.15) is 36.0 Å². The van der Waals surface area contributed by atoms with E-state index in [1.807, 2.05) is 26.0 Å². The molecule has 1 fully saturated rings. The molecule has 0 radical (unpaired) electrons. The van der Waals surface area contributed by atoms with Crippen LogP contribution in [-0.4, -0.2) is 29.6 Å². The highest BCUT2D eigenvalue weighted by molar-refractivity contribution is 9.10. The minimum Gasteiger partial charge on any atom is -0.511 e. The van der Waals surface area contributed by atoms with Crippen LogP contribution in [0.4, 0.5) is 0 Å². The Morgan fingerprint density at radius 1 is 1.18 bits per heavy atom. The summed E-state index contributed by atoms with van der Waals surface area (Å²) in [5, 5.41) is 17.1. The van der Waals surface area contributed by atoms with Crippen molar-refractivity contribution in [2.75, 3.05) is 13.1 Å². The molecular weight excluding hydrogens is 344 g/mol. The minimum atomic E-state index is -0.285. The lowest BCUT2D eigenvalue weighted by Crippen LogP contribution is -2.57. The van der Waals surface area contributed by atoms with Gasteiger partial charge in [-0.05, 0) is 68.6 Å². The molecule has 0 unspecified atom stereocenters. The number of halogens is 1. The molecule has 22 heavy (non-hydrogen) atoms. The van der Waals surface area contributed by atoms with Crippen molar-refractivity contribution in [3.05, 3.63) is 39.1 Å². The molecule has 2 heterocycles. The second-order valence-electron chi connectivity index (χ2n) is 6.40. The van der Waals surface area contributed by atoms with Gasteiger partial charge in [-0.25, -0.2) is 0 Å². The van der Waals surface area contributed by atoms with Gasteiger partial charge < -0.3 is 15.7 Å². The number of piperidine rings is 1. The van der Waals surface area contributed by atoms with Crippen molar-refractivity contribution in [1.82, 2.24) is 10.6 Å². The van der Waals surface area contributed by atoms with Crippen LogP contribution in [0.3, 0.4) is 0 Å². The van der Waals surface area contributed by atoms with E-state index in [0.717, 1.165) is 47.1 Å². The second kappa shape index (κ2) is 5.70. The van der Waals surface area contributed by atoms with E-state index in [0.29, 0.717) is 12.0 Å². The van der Waals surface area contributed by atoms with Gasteiger partial charge in [-0.1, -0.05) is 15.9 Å². The SMILES string of the molecule is Cc1cc(Br)cc(C)c1C1=C(O)CC2(CCNCC2)NC1=O. The van der Waals surface area contributed by atoms with E-state index in [2.05, 4.69) is 26.6 Å². The fourth-order valence-electron chi connectivity index (χ4n) is 3.66. The Labute approximate surface area is 139 Å². The lowest BCUT2D eigenvalue weighted by Gasteiger charge is -2.41. The standard InChI is InChI=1S/C17H21BrN2O2/c1-10-7-12(18)8-11(2)14(10)15-13(21)9-17(20-16(15)22)3-5-19-6-4-17/h7-8,19,21H,3-6,9H2,1-2H3,(H,20,22). The predicted octanol–water partition coefficient (Wildman–Crippen LogP) is 2.98. The number of carbonyl (C=O) groups excluding carboxylic acids is 1. The third-order valence-electron chi connectivity index (χ3n) is 4.71. The summed E-state index contributed by atoms with van der Waals surface area (Å²) < 4.78 is 0.984. The smallest absolute Gasteiger partial charge is 0.255 e. The first-order valence-electron chi connectivity index (χ1n) is 7.64. The maximum Gasteiger partial charge on any atom is 0.255 e. The molecule has 1 saturated heterocycles. The molecule has 0 aromatic heterocycles. The van der Waals surface area contributed by atoms with Crippen molar-refractivity contribution in [3.8, 4) is 0 Å². The number of aliphatic hydroxyl groups is 1. The summed E-state index contributed by atoms with van der Waals surface area (Å²) in [4.78, 5) is 12.7. The molecule has 0 bridgehead atoms. The third-order valence-corrected chi connectivity index (χ3v) is 5.17. The van der Waals surface area contributed by atoms with Crippen molar-refractivity contribution in [3.63, 3.8) is 0 Å². The van der Waals surface area contributed by atoms with Crippen LogP contribution in [0.25, 0.3) is 5.57 Å². The molecule has 2 aliphatic rings.